The number of H-pyrrole nitrogens is 1. The van der Waals surface area contributed by atoms with Crippen LogP contribution in [0.2, 0.25) is 0 Å². The van der Waals surface area contributed by atoms with Gasteiger partial charge in [0.1, 0.15) is 0 Å². The standard InChI is InChI=1S/C5H9N3.2C2H6/c1-2-3-5-4-6-8-7-5;2*1-2/h4H,2-3H2,1H3,(H,6,7,8);2*1-2H3. The van der Waals surface area contributed by atoms with Gasteiger partial charge in [0.15, 0.2) is 0 Å². The fraction of sp³-hybridized carbons (Fsp3) is 0.778. The average molecular weight is 171 g/mol. The molecule has 0 unspecified atom stereocenters. The van der Waals surface area contributed by atoms with E-state index in [1.54, 1.807) is 6.20 Å². The number of hydrogen-bond acceptors (Lipinski definition) is 2. The summed E-state index contributed by atoms with van der Waals surface area (Å²) in [4.78, 5) is 0. The van der Waals surface area contributed by atoms with Crippen molar-refractivity contribution in [3.8, 4) is 0 Å². The Kier molecular flexibility index (Phi) is 14.6. The highest BCUT2D eigenvalue weighted by molar-refractivity contribution is 4.89. The van der Waals surface area contributed by atoms with Gasteiger partial charge in [0.2, 0.25) is 0 Å². The van der Waals surface area contributed by atoms with Gasteiger partial charge in [-0.3, -0.25) is 0 Å². The maximum absolute atomic E-state index is 3.87. The molecular formula is C9H21N3. The second-order valence-corrected chi connectivity index (χ2v) is 1.71. The van der Waals surface area contributed by atoms with Gasteiger partial charge >= 0.3 is 0 Å². The molecule has 1 heterocycles. The van der Waals surface area contributed by atoms with Crippen LogP contribution in [-0.2, 0) is 6.42 Å². The Morgan fingerprint density at radius 2 is 1.83 bits per heavy atom. The monoisotopic (exact) mass is 171 g/mol. The molecule has 0 aliphatic rings. The van der Waals surface area contributed by atoms with E-state index in [2.05, 4.69) is 22.3 Å². The number of hydrogen-bond donors (Lipinski definition) is 1. The third-order valence-electron chi connectivity index (χ3n) is 0.971. The molecule has 0 aliphatic heterocycles. The molecular weight excluding hydrogens is 150 g/mol. The fourth-order valence-corrected chi connectivity index (χ4v) is 0.602. The molecule has 0 amide bonds. The Labute approximate surface area is 75.6 Å². The summed E-state index contributed by atoms with van der Waals surface area (Å²) in [6.07, 6.45) is 3.91. The largest absolute Gasteiger partial charge is 0.198 e. The highest BCUT2D eigenvalue weighted by atomic mass is 15.3. The summed E-state index contributed by atoms with van der Waals surface area (Å²) in [5.41, 5.74) is 1.05. The molecule has 3 nitrogen and oxygen atoms in total. The summed E-state index contributed by atoms with van der Waals surface area (Å²) in [5.74, 6) is 0. The Balaban J connectivity index is 0. The van der Waals surface area contributed by atoms with E-state index in [4.69, 9.17) is 0 Å². The van der Waals surface area contributed by atoms with Crippen molar-refractivity contribution in [3.05, 3.63) is 11.9 Å². The van der Waals surface area contributed by atoms with E-state index in [1.165, 1.54) is 0 Å². The lowest BCUT2D eigenvalue weighted by atomic mass is 10.3. The molecule has 1 N–H and O–H groups in total. The van der Waals surface area contributed by atoms with Gasteiger partial charge in [0, 0.05) is 0 Å². The average Bonchev–Trinajstić information content (AvgIpc) is 2.65. The molecule has 1 rings (SSSR count). The van der Waals surface area contributed by atoms with Gasteiger partial charge in [-0.05, 0) is 6.42 Å². The number of rotatable bonds is 2. The second kappa shape index (κ2) is 12.8. The van der Waals surface area contributed by atoms with Crippen molar-refractivity contribution in [1.82, 2.24) is 15.4 Å². The quantitative estimate of drug-likeness (QED) is 0.743. The van der Waals surface area contributed by atoms with Gasteiger partial charge in [-0.25, -0.2) is 0 Å². The zero-order valence-corrected chi connectivity index (χ0v) is 8.89. The first kappa shape index (κ1) is 13.7. The fourth-order valence-electron chi connectivity index (χ4n) is 0.602. The van der Waals surface area contributed by atoms with Crippen molar-refractivity contribution < 1.29 is 0 Å². The second-order valence-electron chi connectivity index (χ2n) is 1.71. The molecule has 0 aliphatic carbocycles. The molecule has 0 fully saturated rings. The van der Waals surface area contributed by atoms with E-state index in [9.17, 15) is 0 Å². The van der Waals surface area contributed by atoms with E-state index in [1.807, 2.05) is 27.7 Å². The zero-order chi connectivity index (χ0) is 9.82. The lowest BCUT2D eigenvalue weighted by molar-refractivity contribution is 0.853. The van der Waals surface area contributed by atoms with E-state index in [0.717, 1.165) is 18.5 Å². The first-order valence-electron chi connectivity index (χ1n) is 4.78. The van der Waals surface area contributed by atoms with Crippen LogP contribution in [0.1, 0.15) is 46.7 Å². The number of aryl methyl sites for hydroxylation is 1. The summed E-state index contributed by atoms with van der Waals surface area (Å²) in [5, 5.41) is 10.1. The molecule has 3 heteroatoms. The molecule has 12 heavy (non-hydrogen) atoms. The molecule has 0 aromatic carbocycles. The number of nitrogens with one attached hydrogen (secondary N) is 1. The number of nitrogens with zero attached hydrogens (tertiary/aromatic N) is 2. The van der Waals surface area contributed by atoms with Crippen LogP contribution in [0.15, 0.2) is 6.20 Å². The zero-order valence-electron chi connectivity index (χ0n) is 8.89. The third kappa shape index (κ3) is 7.25. The summed E-state index contributed by atoms with van der Waals surface area (Å²) in [6.45, 7) is 10.1. The molecule has 0 bridgehead atoms. The van der Waals surface area contributed by atoms with Gasteiger partial charge in [0.05, 0.1) is 11.9 Å². The normalized spacial score (nSPS) is 7.42. The number of aromatic nitrogens is 3. The van der Waals surface area contributed by atoms with Crippen LogP contribution < -0.4 is 0 Å². The van der Waals surface area contributed by atoms with Crippen LogP contribution >= 0.6 is 0 Å². The minimum Gasteiger partial charge on any atom is -0.198 e. The highest BCUT2D eigenvalue weighted by Crippen LogP contribution is 1.92. The Morgan fingerprint density at radius 3 is 2.17 bits per heavy atom. The first-order valence-corrected chi connectivity index (χ1v) is 4.78. The van der Waals surface area contributed by atoms with Crippen molar-refractivity contribution in [1.29, 1.82) is 0 Å². The van der Waals surface area contributed by atoms with Crippen molar-refractivity contribution in [2.24, 2.45) is 0 Å². The van der Waals surface area contributed by atoms with Gasteiger partial charge in [-0.2, -0.15) is 15.4 Å². The van der Waals surface area contributed by atoms with Gasteiger partial charge in [-0.15, -0.1) is 0 Å². The van der Waals surface area contributed by atoms with Gasteiger partial charge in [-0.1, -0.05) is 41.0 Å². The molecule has 0 saturated heterocycles. The SMILES string of the molecule is CC.CC.CCCc1cn[nH]n1. The predicted molar refractivity (Wildman–Crippen MR) is 53.1 cm³/mol. The van der Waals surface area contributed by atoms with Gasteiger partial charge < -0.3 is 0 Å². The van der Waals surface area contributed by atoms with Crippen LogP contribution in [0, 0.1) is 0 Å². The van der Waals surface area contributed by atoms with Crippen LogP contribution in [0.4, 0.5) is 0 Å². The molecule has 1 aromatic rings. The highest BCUT2D eigenvalue weighted by Gasteiger charge is 1.89. The molecule has 0 saturated carbocycles. The first-order chi connectivity index (χ1) is 5.93. The van der Waals surface area contributed by atoms with Crippen molar-refractivity contribution in [2.75, 3.05) is 0 Å². The predicted octanol–water partition coefficient (Wildman–Crippen LogP) is 2.81. The summed E-state index contributed by atoms with van der Waals surface area (Å²) >= 11 is 0. The Morgan fingerprint density at radius 1 is 1.25 bits per heavy atom. The van der Waals surface area contributed by atoms with E-state index < -0.39 is 0 Å². The van der Waals surface area contributed by atoms with Crippen molar-refractivity contribution in [3.63, 3.8) is 0 Å². The summed E-state index contributed by atoms with van der Waals surface area (Å²) in [7, 11) is 0. The lowest BCUT2D eigenvalue weighted by Crippen LogP contribution is -1.80. The molecule has 72 valence electrons. The Bertz CT molecular complexity index is 135. The van der Waals surface area contributed by atoms with Gasteiger partial charge in [0.25, 0.3) is 0 Å². The topological polar surface area (TPSA) is 41.6 Å². The maximum atomic E-state index is 3.87. The third-order valence-corrected chi connectivity index (χ3v) is 0.971. The minimum absolute atomic E-state index is 1.02. The van der Waals surface area contributed by atoms with Crippen molar-refractivity contribution >= 4 is 0 Å². The van der Waals surface area contributed by atoms with Crippen LogP contribution in [-0.4, -0.2) is 15.4 Å². The van der Waals surface area contributed by atoms with E-state index in [0.29, 0.717) is 0 Å². The van der Waals surface area contributed by atoms with E-state index in [-0.39, 0.29) is 0 Å². The maximum Gasteiger partial charge on any atom is 0.0824 e. The number of aromatic amines is 1. The van der Waals surface area contributed by atoms with Crippen LogP contribution in [0.25, 0.3) is 0 Å². The molecule has 1 aromatic heterocycles. The Hall–Kier alpha value is -0.860. The molecule has 0 spiro atoms. The summed E-state index contributed by atoms with van der Waals surface area (Å²) < 4.78 is 0. The lowest BCUT2D eigenvalue weighted by Gasteiger charge is -1.82. The van der Waals surface area contributed by atoms with Crippen LogP contribution in [0.5, 0.6) is 0 Å². The summed E-state index contributed by atoms with van der Waals surface area (Å²) in [6, 6.07) is 0. The van der Waals surface area contributed by atoms with E-state index >= 15 is 0 Å². The van der Waals surface area contributed by atoms with Crippen molar-refractivity contribution in [2.45, 2.75) is 47.5 Å². The molecule has 0 atom stereocenters. The molecule has 0 radical (unpaired) electrons. The van der Waals surface area contributed by atoms with Crippen LogP contribution in [0.3, 0.4) is 0 Å². The minimum atomic E-state index is 1.02. The smallest absolute Gasteiger partial charge is 0.0824 e.